The van der Waals surface area contributed by atoms with Gasteiger partial charge in [-0.3, -0.25) is 9.59 Å². The van der Waals surface area contributed by atoms with Gasteiger partial charge in [0.25, 0.3) is 0 Å². The molecular weight excluding hydrogens is 274 g/mol. The van der Waals surface area contributed by atoms with Crippen LogP contribution in [0.4, 0.5) is 0 Å². The molecule has 0 aliphatic heterocycles. The minimum Gasteiger partial charge on any atom is -0.353 e. The van der Waals surface area contributed by atoms with Crippen LogP contribution in [0.1, 0.15) is 31.2 Å². The van der Waals surface area contributed by atoms with E-state index in [2.05, 4.69) is 23.5 Å². The number of fused-ring (bicyclic) bond motifs is 1. The lowest BCUT2D eigenvalue weighted by molar-refractivity contribution is -0.124. The summed E-state index contributed by atoms with van der Waals surface area (Å²) in [6.45, 7) is 0. The smallest absolute Gasteiger partial charge is 0.220 e. The van der Waals surface area contributed by atoms with Gasteiger partial charge in [0, 0.05) is 18.9 Å². The molecule has 0 atom stereocenters. The third-order valence-corrected chi connectivity index (χ3v) is 3.78. The van der Waals surface area contributed by atoms with E-state index in [1.165, 1.54) is 5.39 Å². The van der Waals surface area contributed by atoms with Crippen molar-refractivity contribution >= 4 is 28.5 Å². The van der Waals surface area contributed by atoms with Crippen molar-refractivity contribution in [3.8, 4) is 0 Å². The van der Waals surface area contributed by atoms with Crippen LogP contribution in [0.15, 0.2) is 48.5 Å². The largest absolute Gasteiger partial charge is 0.353 e. The first-order valence-electron chi connectivity index (χ1n) is 7.70. The average molecular weight is 293 g/mol. The number of amides is 1. The highest BCUT2D eigenvalue weighted by Gasteiger charge is 2.22. The summed E-state index contributed by atoms with van der Waals surface area (Å²) in [6, 6.07) is 14.6. The van der Waals surface area contributed by atoms with E-state index in [0.29, 0.717) is 6.04 Å². The summed E-state index contributed by atoms with van der Waals surface area (Å²) in [5, 5.41) is 5.22. The molecule has 0 aromatic heterocycles. The minimum absolute atomic E-state index is 0.0147. The number of rotatable bonds is 6. The summed E-state index contributed by atoms with van der Waals surface area (Å²) >= 11 is 0. The fraction of sp³-hybridized carbons (Fsp3) is 0.263. The number of hydrogen-bond acceptors (Lipinski definition) is 2. The van der Waals surface area contributed by atoms with Gasteiger partial charge in [-0.1, -0.05) is 42.5 Å². The molecule has 1 aliphatic carbocycles. The second-order valence-corrected chi connectivity index (χ2v) is 5.75. The second kappa shape index (κ2) is 6.56. The molecule has 2 aromatic carbocycles. The molecule has 0 saturated heterocycles. The number of carbonyl (C=O) groups excluding carboxylic acids is 2. The van der Waals surface area contributed by atoms with Crippen molar-refractivity contribution in [2.75, 3.05) is 0 Å². The third-order valence-electron chi connectivity index (χ3n) is 3.78. The molecule has 0 bridgehead atoms. The highest BCUT2D eigenvalue weighted by Crippen LogP contribution is 2.19. The Hall–Kier alpha value is -2.42. The Morgan fingerprint density at radius 3 is 2.59 bits per heavy atom. The normalized spacial score (nSPS) is 14.4. The predicted molar refractivity (Wildman–Crippen MR) is 88.4 cm³/mol. The summed E-state index contributed by atoms with van der Waals surface area (Å²) in [4.78, 5) is 23.4. The molecule has 0 unspecified atom stereocenters. The van der Waals surface area contributed by atoms with E-state index in [4.69, 9.17) is 0 Å². The Balaban J connectivity index is 1.54. The van der Waals surface area contributed by atoms with Crippen molar-refractivity contribution in [1.29, 1.82) is 0 Å². The molecule has 0 heterocycles. The highest BCUT2D eigenvalue weighted by molar-refractivity contribution is 5.96. The zero-order chi connectivity index (χ0) is 15.4. The molecule has 1 saturated carbocycles. The Morgan fingerprint density at radius 1 is 1.05 bits per heavy atom. The van der Waals surface area contributed by atoms with Gasteiger partial charge in [0.05, 0.1) is 0 Å². The monoisotopic (exact) mass is 293 g/mol. The van der Waals surface area contributed by atoms with E-state index in [9.17, 15) is 9.59 Å². The Bertz CT molecular complexity index is 729. The first-order valence-corrected chi connectivity index (χ1v) is 7.70. The van der Waals surface area contributed by atoms with Gasteiger partial charge in [-0.15, -0.1) is 0 Å². The van der Waals surface area contributed by atoms with Crippen molar-refractivity contribution in [1.82, 2.24) is 5.32 Å². The number of allylic oxidation sites excluding steroid dienone is 1. The molecule has 1 N–H and O–H groups in total. The van der Waals surface area contributed by atoms with Crippen LogP contribution in [-0.4, -0.2) is 17.7 Å². The first-order chi connectivity index (χ1) is 10.7. The van der Waals surface area contributed by atoms with Gasteiger partial charge in [-0.05, 0) is 41.3 Å². The molecule has 1 amide bonds. The number of hydrogen-bond donors (Lipinski definition) is 1. The number of ketones is 1. The van der Waals surface area contributed by atoms with E-state index in [0.717, 1.165) is 23.8 Å². The van der Waals surface area contributed by atoms with Crippen LogP contribution >= 0.6 is 0 Å². The van der Waals surface area contributed by atoms with Crippen LogP contribution in [-0.2, 0) is 9.59 Å². The molecule has 0 radical (unpaired) electrons. The van der Waals surface area contributed by atoms with Gasteiger partial charge in [-0.2, -0.15) is 0 Å². The third kappa shape index (κ3) is 4.04. The molecular formula is C19H19NO2. The average Bonchev–Trinajstić information content (AvgIpc) is 3.34. The standard InChI is InChI=1S/C19H19NO2/c21-18(11-12-19(22)20-17-8-9-17)10-6-14-5-7-15-3-1-2-4-16(15)13-14/h1-7,10,13,17H,8-9,11-12H2,(H,20,22)/b10-6+. The Morgan fingerprint density at radius 2 is 1.82 bits per heavy atom. The molecule has 3 heteroatoms. The topological polar surface area (TPSA) is 46.2 Å². The zero-order valence-electron chi connectivity index (χ0n) is 12.4. The van der Waals surface area contributed by atoms with Crippen LogP contribution in [0.3, 0.4) is 0 Å². The molecule has 2 aromatic rings. The van der Waals surface area contributed by atoms with Gasteiger partial charge in [0.2, 0.25) is 5.91 Å². The molecule has 3 nitrogen and oxygen atoms in total. The first kappa shape index (κ1) is 14.5. The highest BCUT2D eigenvalue weighted by atomic mass is 16.2. The summed E-state index contributed by atoms with van der Waals surface area (Å²) in [7, 11) is 0. The summed E-state index contributed by atoms with van der Waals surface area (Å²) in [5.41, 5.74) is 0.995. The maximum atomic E-state index is 11.8. The van der Waals surface area contributed by atoms with E-state index in [1.54, 1.807) is 6.08 Å². The van der Waals surface area contributed by atoms with Crippen molar-refractivity contribution in [3.05, 3.63) is 54.1 Å². The number of carbonyl (C=O) groups is 2. The fourth-order valence-electron chi connectivity index (χ4n) is 2.35. The fourth-order valence-corrected chi connectivity index (χ4v) is 2.35. The quantitative estimate of drug-likeness (QED) is 0.829. The lowest BCUT2D eigenvalue weighted by Gasteiger charge is -2.01. The van der Waals surface area contributed by atoms with E-state index in [1.807, 2.05) is 30.3 Å². The summed E-state index contributed by atoms with van der Waals surface area (Å²) in [5.74, 6) is -0.0333. The van der Waals surface area contributed by atoms with Crippen LogP contribution in [0.5, 0.6) is 0 Å². The van der Waals surface area contributed by atoms with E-state index >= 15 is 0 Å². The van der Waals surface area contributed by atoms with Crippen LogP contribution in [0.2, 0.25) is 0 Å². The Labute approximate surface area is 130 Å². The zero-order valence-corrected chi connectivity index (χ0v) is 12.4. The van der Waals surface area contributed by atoms with Gasteiger partial charge >= 0.3 is 0 Å². The lowest BCUT2D eigenvalue weighted by atomic mass is 10.1. The van der Waals surface area contributed by atoms with Crippen molar-refractivity contribution in [2.45, 2.75) is 31.7 Å². The number of benzene rings is 2. The van der Waals surface area contributed by atoms with Gasteiger partial charge in [0.1, 0.15) is 0 Å². The van der Waals surface area contributed by atoms with Crippen molar-refractivity contribution in [3.63, 3.8) is 0 Å². The van der Waals surface area contributed by atoms with Crippen molar-refractivity contribution in [2.24, 2.45) is 0 Å². The van der Waals surface area contributed by atoms with Crippen LogP contribution in [0.25, 0.3) is 16.8 Å². The maximum Gasteiger partial charge on any atom is 0.220 e. The van der Waals surface area contributed by atoms with Gasteiger partial charge in [0.15, 0.2) is 5.78 Å². The molecule has 0 spiro atoms. The second-order valence-electron chi connectivity index (χ2n) is 5.75. The van der Waals surface area contributed by atoms with Gasteiger partial charge in [-0.25, -0.2) is 0 Å². The number of nitrogens with one attached hydrogen (secondary N) is 1. The van der Waals surface area contributed by atoms with E-state index < -0.39 is 0 Å². The SMILES string of the molecule is O=C(/C=C/c1ccc2ccccc2c1)CCC(=O)NC1CC1. The molecule has 22 heavy (non-hydrogen) atoms. The maximum absolute atomic E-state index is 11.8. The molecule has 1 aliphatic rings. The minimum atomic E-state index is -0.0186. The predicted octanol–water partition coefficient (Wildman–Crippen LogP) is 3.48. The molecule has 3 rings (SSSR count). The van der Waals surface area contributed by atoms with E-state index in [-0.39, 0.29) is 24.5 Å². The molecule has 1 fully saturated rings. The lowest BCUT2D eigenvalue weighted by Crippen LogP contribution is -2.25. The van der Waals surface area contributed by atoms with Crippen molar-refractivity contribution < 1.29 is 9.59 Å². The Kier molecular flexibility index (Phi) is 4.33. The summed E-state index contributed by atoms with van der Waals surface area (Å²) in [6.07, 6.45) is 6.06. The molecule has 112 valence electrons. The summed E-state index contributed by atoms with van der Waals surface area (Å²) < 4.78 is 0. The van der Waals surface area contributed by atoms with Crippen LogP contribution in [0, 0.1) is 0 Å². The van der Waals surface area contributed by atoms with Gasteiger partial charge < -0.3 is 5.32 Å². The van der Waals surface area contributed by atoms with Crippen LogP contribution < -0.4 is 5.32 Å².